The van der Waals surface area contributed by atoms with Gasteiger partial charge in [-0.2, -0.15) is 0 Å². The third kappa shape index (κ3) is 5.71. The number of nitrogens with one attached hydrogen (secondary N) is 2. The third-order valence-corrected chi connectivity index (χ3v) is 9.55. The number of allylic oxidation sites excluding steroid dienone is 1. The van der Waals surface area contributed by atoms with Crippen molar-refractivity contribution < 1.29 is 29.4 Å². The Balaban J connectivity index is 0.00000353. The van der Waals surface area contributed by atoms with Gasteiger partial charge in [0.1, 0.15) is 22.9 Å². The maximum absolute atomic E-state index is 13.3. The molecule has 4 N–H and O–H groups in total. The number of rotatable bonds is 7. The van der Waals surface area contributed by atoms with Crippen LogP contribution in [-0.4, -0.2) is 97.8 Å². The minimum atomic E-state index is -1.29. The number of carbonyl (C=O) groups is 4. The Hall–Kier alpha value is -3.22. The number of thioether (sulfide) groups is 2. The van der Waals surface area contributed by atoms with Gasteiger partial charge in [0.25, 0.3) is 5.91 Å². The van der Waals surface area contributed by atoms with Gasteiger partial charge in [-0.3, -0.25) is 19.3 Å². The molecule has 0 spiro atoms. The molecule has 3 heterocycles. The van der Waals surface area contributed by atoms with Crippen molar-refractivity contribution in [3.8, 4) is 5.75 Å². The van der Waals surface area contributed by atoms with Crippen LogP contribution in [0, 0.1) is 0 Å². The number of hydrogen-bond acceptors (Lipinski definition) is 7. The van der Waals surface area contributed by atoms with Gasteiger partial charge in [-0.05, 0) is 52.6 Å². The molecular weight excluding hydrogens is 585 g/mol. The number of hydrogen-bond donors (Lipinski definition) is 4. The molecule has 42 heavy (non-hydrogen) atoms. The topological polar surface area (TPSA) is 136 Å². The maximum atomic E-state index is 13.3. The van der Waals surface area contributed by atoms with Crippen LogP contribution >= 0.6 is 23.5 Å². The summed E-state index contributed by atoms with van der Waals surface area (Å²) in [7, 11) is 0. The van der Waals surface area contributed by atoms with Gasteiger partial charge in [0.15, 0.2) is 0 Å². The van der Waals surface area contributed by atoms with E-state index in [4.69, 9.17) is 0 Å². The van der Waals surface area contributed by atoms with Crippen LogP contribution in [0.2, 0.25) is 0 Å². The molecule has 0 aromatic heterocycles. The number of amides is 3. The first kappa shape index (κ1) is 30.2. The number of β-lactam (4-membered cyclic amide) rings is 1. The van der Waals surface area contributed by atoms with Gasteiger partial charge in [-0.1, -0.05) is 42.5 Å². The molecule has 3 aromatic carbocycles. The van der Waals surface area contributed by atoms with Gasteiger partial charge in [0.05, 0.1) is 5.75 Å². The molecule has 0 aliphatic carbocycles. The first-order chi connectivity index (χ1) is 19.8. The van der Waals surface area contributed by atoms with Crippen LogP contribution in [-0.2, 0) is 19.2 Å². The van der Waals surface area contributed by atoms with Crippen molar-refractivity contribution in [1.29, 1.82) is 0 Å². The molecule has 6 rings (SSSR count). The summed E-state index contributed by atoms with van der Waals surface area (Å²) in [5.74, 6) is -2.03. The Morgan fingerprint density at radius 3 is 2.48 bits per heavy atom. The van der Waals surface area contributed by atoms with Gasteiger partial charge < -0.3 is 20.8 Å². The Morgan fingerprint density at radius 2 is 1.79 bits per heavy atom. The van der Waals surface area contributed by atoms with E-state index in [0.29, 0.717) is 35.2 Å². The molecule has 2 fully saturated rings. The van der Waals surface area contributed by atoms with Crippen molar-refractivity contribution in [3.05, 3.63) is 89.1 Å². The zero-order valence-corrected chi connectivity index (χ0v) is 23.3. The number of aliphatic carboxylic acids is 1. The van der Waals surface area contributed by atoms with Crippen molar-refractivity contribution >= 4 is 93.1 Å². The van der Waals surface area contributed by atoms with Crippen molar-refractivity contribution in [3.63, 3.8) is 0 Å². The third-order valence-electron chi connectivity index (χ3n) is 7.27. The summed E-state index contributed by atoms with van der Waals surface area (Å²) < 4.78 is 0. The monoisotopic (exact) mass is 611 g/mol. The summed E-state index contributed by atoms with van der Waals surface area (Å²) in [6, 6.07) is 19.2. The Bertz CT molecular complexity index is 1670. The number of phenolic OH excluding ortho intramolecular Hbond substituents is 1. The number of aromatic hydroxyl groups is 1. The van der Waals surface area contributed by atoms with Crippen molar-refractivity contribution in [2.75, 3.05) is 18.1 Å². The fraction of sp³-hybridized carbons (Fsp3) is 0.200. The zero-order valence-electron chi connectivity index (χ0n) is 21.6. The molecule has 0 radical (unpaired) electrons. The first-order valence-electron chi connectivity index (χ1n) is 12.9. The van der Waals surface area contributed by atoms with E-state index in [1.54, 1.807) is 12.1 Å². The van der Waals surface area contributed by atoms with Gasteiger partial charge >= 0.3 is 35.5 Å². The molecule has 3 aromatic rings. The van der Waals surface area contributed by atoms with Crippen LogP contribution in [0.4, 0.5) is 0 Å². The molecule has 9 nitrogen and oxygen atoms in total. The van der Waals surface area contributed by atoms with Crippen LogP contribution in [0.25, 0.3) is 16.3 Å². The predicted octanol–water partition coefficient (Wildman–Crippen LogP) is 2.70. The normalized spacial score (nSPS) is 20.8. The molecule has 3 aliphatic heterocycles. The molecule has 0 saturated carbocycles. The standard InChI is InChI=1S/C30H25N3O6S2.Na.H/c34-19-8-5-17(6-9-19)24(21-11-12-31-27(21)36)22-14-41-29-25(28(37)33(29)26(22)30(38)39)32-23(35)15-40-20-10-7-16-3-1-2-4-18(16)13-20;;/h1-10,13,25,29,34H,11-12,14-15H2,(H,31,36)(H,32,35)(H,38,39);;/t25-,29-;;/m1../s1. The van der Waals surface area contributed by atoms with Crippen molar-refractivity contribution in [2.24, 2.45) is 0 Å². The Morgan fingerprint density at radius 1 is 1.05 bits per heavy atom. The van der Waals surface area contributed by atoms with Crippen LogP contribution in [0.5, 0.6) is 5.75 Å². The molecule has 210 valence electrons. The summed E-state index contributed by atoms with van der Waals surface area (Å²) in [4.78, 5) is 53.4. The summed E-state index contributed by atoms with van der Waals surface area (Å²) in [5, 5.41) is 27.2. The predicted molar refractivity (Wildman–Crippen MR) is 164 cm³/mol. The summed E-state index contributed by atoms with van der Waals surface area (Å²) in [5.41, 5.74) is 1.64. The first-order valence-corrected chi connectivity index (χ1v) is 15.0. The van der Waals surface area contributed by atoms with Gasteiger partial charge in [0.2, 0.25) is 11.8 Å². The summed E-state index contributed by atoms with van der Waals surface area (Å²) >= 11 is 2.71. The fourth-order valence-corrected chi connectivity index (χ4v) is 7.46. The van der Waals surface area contributed by atoms with Gasteiger partial charge in [-0.15, -0.1) is 23.5 Å². The fourth-order valence-electron chi connectivity index (χ4n) is 5.35. The average Bonchev–Trinajstić information content (AvgIpc) is 3.40. The molecule has 3 amide bonds. The molecular formula is C30H26N3NaO6S2. The van der Waals surface area contributed by atoms with E-state index in [9.17, 15) is 29.4 Å². The van der Waals surface area contributed by atoms with Gasteiger partial charge in [-0.25, -0.2) is 4.79 Å². The number of carbonyl (C=O) groups excluding carboxylic acids is 3. The molecule has 0 bridgehead atoms. The van der Waals surface area contributed by atoms with E-state index >= 15 is 0 Å². The number of nitrogens with zero attached hydrogens (tertiary/aromatic N) is 1. The Kier molecular flexibility index (Phi) is 9.05. The number of phenols is 1. The number of benzene rings is 3. The second kappa shape index (κ2) is 12.6. The quantitative estimate of drug-likeness (QED) is 0.139. The average molecular weight is 612 g/mol. The van der Waals surface area contributed by atoms with E-state index in [2.05, 4.69) is 10.6 Å². The second-order valence-electron chi connectivity index (χ2n) is 9.79. The number of carboxylic acid groups (broad SMARTS) is 1. The van der Waals surface area contributed by atoms with E-state index in [1.807, 2.05) is 42.5 Å². The van der Waals surface area contributed by atoms with Gasteiger partial charge in [0, 0.05) is 28.3 Å². The number of carboxylic acids is 1. The Labute approximate surface area is 272 Å². The summed E-state index contributed by atoms with van der Waals surface area (Å²) in [6.45, 7) is 0.426. The zero-order chi connectivity index (χ0) is 28.7. The van der Waals surface area contributed by atoms with E-state index in [0.717, 1.165) is 15.7 Å². The molecule has 2 saturated heterocycles. The van der Waals surface area contributed by atoms with Crippen LogP contribution in [0.1, 0.15) is 12.0 Å². The van der Waals surface area contributed by atoms with E-state index in [-0.39, 0.29) is 64.3 Å². The van der Waals surface area contributed by atoms with Crippen molar-refractivity contribution in [1.82, 2.24) is 15.5 Å². The molecule has 2 atom stereocenters. The van der Waals surface area contributed by atoms with E-state index < -0.39 is 23.3 Å². The second-order valence-corrected chi connectivity index (χ2v) is 11.9. The minimum absolute atomic E-state index is 0. The molecule has 3 aliphatic rings. The van der Waals surface area contributed by atoms with Crippen molar-refractivity contribution in [2.45, 2.75) is 22.7 Å². The number of fused-ring (bicyclic) bond motifs is 2. The van der Waals surface area contributed by atoms with Crippen LogP contribution in [0.3, 0.4) is 0 Å². The van der Waals surface area contributed by atoms with Crippen LogP contribution in [0.15, 0.2) is 88.5 Å². The molecule has 12 heteroatoms. The summed E-state index contributed by atoms with van der Waals surface area (Å²) in [6.07, 6.45) is 0.404. The van der Waals surface area contributed by atoms with E-state index in [1.165, 1.54) is 40.6 Å². The van der Waals surface area contributed by atoms with Crippen LogP contribution < -0.4 is 10.6 Å². The molecule has 0 unspecified atom stereocenters. The SMILES string of the molecule is O=C(CSc1ccc2ccccc2c1)N[C@@H]1C(=O)N2C(C(=O)O)=C(C(=C3CCNC3=O)c3ccc(O)cc3)CS[C@H]12.[NaH].